The lowest BCUT2D eigenvalue weighted by atomic mass is 10.0. The molecule has 0 radical (unpaired) electrons. The molecule has 5 rings (SSSR count). The number of nitrogens with one attached hydrogen (secondary N) is 1. The summed E-state index contributed by atoms with van der Waals surface area (Å²) in [5.41, 5.74) is 6.44. The minimum atomic E-state index is -0.155. The maximum Gasteiger partial charge on any atom is 0.255 e. The van der Waals surface area contributed by atoms with Crippen LogP contribution in [0.1, 0.15) is 10.4 Å². The van der Waals surface area contributed by atoms with Crippen molar-refractivity contribution in [3.63, 3.8) is 0 Å². The molecule has 5 aromatic rings. The lowest BCUT2D eigenvalue weighted by Gasteiger charge is -2.12. The lowest BCUT2D eigenvalue weighted by Crippen LogP contribution is -2.11. The van der Waals surface area contributed by atoms with Crippen LogP contribution in [0.3, 0.4) is 0 Å². The van der Waals surface area contributed by atoms with Crippen LogP contribution >= 0.6 is 0 Å². The zero-order valence-electron chi connectivity index (χ0n) is 16.7. The van der Waals surface area contributed by atoms with Crippen LogP contribution in [0.15, 0.2) is 109 Å². The van der Waals surface area contributed by atoms with Crippen LogP contribution in [0.2, 0.25) is 0 Å². The molecule has 0 unspecified atom stereocenters. The molecule has 0 bridgehead atoms. The molecular weight excluding hydrogens is 382 g/mol. The highest BCUT2D eigenvalue weighted by Gasteiger charge is 2.14. The number of anilines is 1. The van der Waals surface area contributed by atoms with E-state index in [9.17, 15) is 4.79 Å². The molecule has 0 spiro atoms. The molecule has 4 heteroatoms. The van der Waals surface area contributed by atoms with E-state index in [1.807, 2.05) is 97.1 Å². The number of carbonyl (C=O) groups excluding carboxylic acids is 1. The minimum Gasteiger partial charge on any atom is -0.322 e. The second kappa shape index (κ2) is 8.20. The Labute approximate surface area is 180 Å². The van der Waals surface area contributed by atoms with Gasteiger partial charge in [-0.05, 0) is 30.3 Å². The Kier molecular flexibility index (Phi) is 4.95. The molecule has 0 aliphatic heterocycles. The van der Waals surface area contributed by atoms with Gasteiger partial charge in [0, 0.05) is 22.4 Å². The highest BCUT2D eigenvalue weighted by molar-refractivity contribution is 6.05. The summed E-state index contributed by atoms with van der Waals surface area (Å²) in [5.74, 6) is -0.155. The van der Waals surface area contributed by atoms with Crippen LogP contribution in [-0.2, 0) is 0 Å². The van der Waals surface area contributed by atoms with E-state index in [0.717, 1.165) is 33.5 Å². The lowest BCUT2D eigenvalue weighted by molar-refractivity contribution is 0.102. The number of nitrogens with zero attached hydrogens (tertiary/aromatic N) is 2. The minimum absolute atomic E-state index is 0.155. The number of fused-ring (bicyclic) bond motifs is 1. The van der Waals surface area contributed by atoms with Gasteiger partial charge < -0.3 is 5.32 Å². The van der Waals surface area contributed by atoms with Crippen molar-refractivity contribution in [2.45, 2.75) is 0 Å². The summed E-state index contributed by atoms with van der Waals surface area (Å²) in [5, 5.41) is 2.95. The molecule has 4 nitrogen and oxygen atoms in total. The van der Waals surface area contributed by atoms with Gasteiger partial charge in [-0.3, -0.25) is 4.79 Å². The fraction of sp³-hybridized carbons (Fsp3) is 0. The van der Waals surface area contributed by atoms with Gasteiger partial charge in [0.1, 0.15) is 0 Å². The van der Waals surface area contributed by atoms with Gasteiger partial charge in [0.15, 0.2) is 0 Å². The van der Waals surface area contributed by atoms with Gasteiger partial charge in [0.25, 0.3) is 5.91 Å². The Morgan fingerprint density at radius 2 is 1.10 bits per heavy atom. The van der Waals surface area contributed by atoms with E-state index < -0.39 is 0 Å². The summed E-state index contributed by atoms with van der Waals surface area (Å²) in [6.07, 6.45) is 0. The quantitative estimate of drug-likeness (QED) is 0.389. The van der Waals surface area contributed by atoms with E-state index >= 15 is 0 Å². The van der Waals surface area contributed by atoms with Crippen molar-refractivity contribution < 1.29 is 4.79 Å². The van der Waals surface area contributed by atoms with Crippen molar-refractivity contribution in [2.75, 3.05) is 5.32 Å². The maximum absolute atomic E-state index is 12.5. The molecule has 0 atom stereocenters. The van der Waals surface area contributed by atoms with E-state index in [4.69, 9.17) is 9.97 Å². The molecule has 1 aromatic heterocycles. The standard InChI is InChI=1S/C27H19N3O/c31-27(21-14-8-3-9-15-21)28-22-16-17-23-24(18-22)30-26(20-12-6-2-7-13-20)25(29-23)19-10-4-1-5-11-19/h1-18H,(H,28,31). The van der Waals surface area contributed by atoms with Crippen molar-refractivity contribution >= 4 is 22.6 Å². The van der Waals surface area contributed by atoms with Crippen molar-refractivity contribution in [2.24, 2.45) is 0 Å². The van der Waals surface area contributed by atoms with Gasteiger partial charge in [0.05, 0.1) is 22.4 Å². The monoisotopic (exact) mass is 401 g/mol. The first kappa shape index (κ1) is 18.7. The smallest absolute Gasteiger partial charge is 0.255 e. The van der Waals surface area contributed by atoms with Crippen LogP contribution in [-0.4, -0.2) is 15.9 Å². The third-order valence-corrected chi connectivity index (χ3v) is 5.05. The van der Waals surface area contributed by atoms with E-state index in [0.29, 0.717) is 11.3 Å². The molecule has 4 aromatic carbocycles. The maximum atomic E-state index is 12.5. The summed E-state index contributed by atoms with van der Waals surface area (Å²) in [6, 6.07) is 34.9. The number of benzene rings is 4. The molecule has 0 fully saturated rings. The summed E-state index contributed by atoms with van der Waals surface area (Å²) in [7, 11) is 0. The zero-order valence-corrected chi connectivity index (χ0v) is 16.7. The molecule has 148 valence electrons. The Bertz CT molecular complexity index is 1350. The summed E-state index contributed by atoms with van der Waals surface area (Å²) >= 11 is 0. The SMILES string of the molecule is O=C(Nc1ccc2nc(-c3ccccc3)c(-c3ccccc3)nc2c1)c1ccccc1. The molecule has 1 heterocycles. The largest absolute Gasteiger partial charge is 0.322 e. The number of amides is 1. The normalized spacial score (nSPS) is 10.7. The summed E-state index contributed by atoms with van der Waals surface area (Å²) in [6.45, 7) is 0. The average molecular weight is 401 g/mol. The van der Waals surface area contributed by atoms with Crippen LogP contribution in [0.5, 0.6) is 0 Å². The fourth-order valence-electron chi connectivity index (χ4n) is 3.52. The number of rotatable bonds is 4. The first-order valence-electron chi connectivity index (χ1n) is 10.1. The molecule has 0 saturated carbocycles. The Morgan fingerprint density at radius 3 is 1.68 bits per heavy atom. The molecular formula is C27H19N3O. The van der Waals surface area contributed by atoms with Crippen LogP contribution < -0.4 is 5.32 Å². The van der Waals surface area contributed by atoms with E-state index in [-0.39, 0.29) is 5.91 Å². The van der Waals surface area contributed by atoms with Gasteiger partial charge in [-0.15, -0.1) is 0 Å². The highest BCUT2D eigenvalue weighted by Crippen LogP contribution is 2.31. The van der Waals surface area contributed by atoms with Crippen LogP contribution in [0.4, 0.5) is 5.69 Å². The molecule has 1 N–H and O–H groups in total. The van der Waals surface area contributed by atoms with Crippen LogP contribution in [0, 0.1) is 0 Å². The second-order valence-corrected chi connectivity index (χ2v) is 7.18. The summed E-state index contributed by atoms with van der Waals surface area (Å²) < 4.78 is 0. The Balaban J connectivity index is 1.60. The number of carbonyl (C=O) groups is 1. The zero-order chi connectivity index (χ0) is 21.0. The van der Waals surface area contributed by atoms with Crippen molar-refractivity contribution in [1.82, 2.24) is 9.97 Å². The predicted octanol–water partition coefficient (Wildman–Crippen LogP) is 6.22. The summed E-state index contributed by atoms with van der Waals surface area (Å²) in [4.78, 5) is 22.4. The van der Waals surface area contributed by atoms with Gasteiger partial charge in [-0.25, -0.2) is 9.97 Å². The fourth-order valence-corrected chi connectivity index (χ4v) is 3.52. The molecule has 31 heavy (non-hydrogen) atoms. The van der Waals surface area contributed by atoms with Gasteiger partial charge in [0.2, 0.25) is 0 Å². The van der Waals surface area contributed by atoms with Crippen molar-refractivity contribution in [1.29, 1.82) is 0 Å². The number of hydrogen-bond acceptors (Lipinski definition) is 3. The topological polar surface area (TPSA) is 54.9 Å². The van der Waals surface area contributed by atoms with Gasteiger partial charge in [-0.1, -0.05) is 78.9 Å². The first-order chi connectivity index (χ1) is 15.3. The predicted molar refractivity (Wildman–Crippen MR) is 125 cm³/mol. The van der Waals surface area contributed by atoms with Crippen LogP contribution in [0.25, 0.3) is 33.5 Å². The van der Waals surface area contributed by atoms with Gasteiger partial charge in [-0.2, -0.15) is 0 Å². The first-order valence-corrected chi connectivity index (χ1v) is 10.1. The number of aromatic nitrogens is 2. The van der Waals surface area contributed by atoms with Crippen molar-refractivity contribution in [3.8, 4) is 22.5 Å². The second-order valence-electron chi connectivity index (χ2n) is 7.18. The third kappa shape index (κ3) is 3.91. The third-order valence-electron chi connectivity index (χ3n) is 5.05. The van der Waals surface area contributed by atoms with E-state index in [2.05, 4.69) is 5.32 Å². The average Bonchev–Trinajstić information content (AvgIpc) is 2.85. The Hall–Kier alpha value is -4.31. The van der Waals surface area contributed by atoms with E-state index in [1.165, 1.54) is 0 Å². The van der Waals surface area contributed by atoms with Gasteiger partial charge >= 0.3 is 0 Å². The van der Waals surface area contributed by atoms with Crippen molar-refractivity contribution in [3.05, 3.63) is 115 Å². The molecule has 0 aliphatic rings. The molecule has 1 amide bonds. The highest BCUT2D eigenvalue weighted by atomic mass is 16.1. The molecule has 0 saturated heterocycles. The Morgan fingerprint density at radius 1 is 0.581 bits per heavy atom. The molecule has 0 aliphatic carbocycles. The number of hydrogen-bond donors (Lipinski definition) is 1. The van der Waals surface area contributed by atoms with E-state index in [1.54, 1.807) is 12.1 Å².